The Labute approximate surface area is 220 Å². The van der Waals surface area contributed by atoms with Gasteiger partial charge in [-0.05, 0) is 72.6 Å². The van der Waals surface area contributed by atoms with Gasteiger partial charge in [0.2, 0.25) is 0 Å². The zero-order valence-electron chi connectivity index (χ0n) is 22.7. The average molecular weight is 504 g/mol. The molecule has 1 fully saturated rings. The van der Waals surface area contributed by atoms with E-state index in [0.717, 1.165) is 66.2 Å². The number of carbonyl (C=O) groups excluding carboxylic acids is 1. The fourth-order valence-electron chi connectivity index (χ4n) is 5.05. The third kappa shape index (κ3) is 6.12. The average Bonchev–Trinajstić information content (AvgIpc) is 2.89. The molecule has 0 saturated carbocycles. The number of nitrogens with zero attached hydrogens (tertiary/aromatic N) is 2. The Balaban J connectivity index is 1.66. The molecule has 1 amide bonds. The predicted molar refractivity (Wildman–Crippen MR) is 148 cm³/mol. The van der Waals surface area contributed by atoms with Gasteiger partial charge in [-0.3, -0.25) is 4.79 Å². The molecular weight excluding hydrogens is 465 g/mol. The van der Waals surface area contributed by atoms with E-state index in [-0.39, 0.29) is 11.7 Å². The smallest absolute Gasteiger partial charge is 0.270 e. The summed E-state index contributed by atoms with van der Waals surface area (Å²) in [5.41, 5.74) is 6.89. The number of piperidine rings is 1. The Morgan fingerprint density at radius 1 is 1.08 bits per heavy atom. The van der Waals surface area contributed by atoms with Crippen LogP contribution >= 0.6 is 0 Å². The summed E-state index contributed by atoms with van der Waals surface area (Å²) in [5, 5.41) is 2.79. The molecule has 0 atom stereocenters. The van der Waals surface area contributed by atoms with Gasteiger partial charge >= 0.3 is 0 Å². The molecule has 1 aliphatic rings. The van der Waals surface area contributed by atoms with E-state index in [2.05, 4.69) is 31.0 Å². The molecule has 0 radical (unpaired) electrons. The zero-order valence-corrected chi connectivity index (χ0v) is 22.7. The number of hydrogen-bond donors (Lipinski definition) is 1. The number of rotatable bonds is 8. The summed E-state index contributed by atoms with van der Waals surface area (Å²) in [6, 6.07) is 14.4. The van der Waals surface area contributed by atoms with Gasteiger partial charge in [0, 0.05) is 37.8 Å². The summed E-state index contributed by atoms with van der Waals surface area (Å²) in [6.07, 6.45) is 3.75. The van der Waals surface area contributed by atoms with E-state index in [1.54, 1.807) is 19.2 Å². The molecule has 1 aromatic heterocycles. The van der Waals surface area contributed by atoms with Gasteiger partial charge < -0.3 is 15.0 Å². The van der Waals surface area contributed by atoms with E-state index in [1.165, 1.54) is 17.7 Å². The van der Waals surface area contributed by atoms with Gasteiger partial charge in [-0.1, -0.05) is 45.0 Å². The highest BCUT2D eigenvalue weighted by Gasteiger charge is 2.31. The lowest BCUT2D eigenvalue weighted by atomic mass is 9.82. The van der Waals surface area contributed by atoms with E-state index in [0.29, 0.717) is 24.1 Å². The number of amides is 1. The highest BCUT2D eigenvalue weighted by Crippen LogP contribution is 2.42. The van der Waals surface area contributed by atoms with E-state index in [9.17, 15) is 9.18 Å². The molecule has 3 aromatic rings. The Bertz CT molecular complexity index is 1230. The van der Waals surface area contributed by atoms with Crippen LogP contribution in [0.25, 0.3) is 11.1 Å². The van der Waals surface area contributed by atoms with Crippen molar-refractivity contribution in [1.82, 2.24) is 10.3 Å². The maximum absolute atomic E-state index is 13.1. The number of pyridine rings is 1. The van der Waals surface area contributed by atoms with Gasteiger partial charge in [0.1, 0.15) is 17.3 Å². The van der Waals surface area contributed by atoms with Crippen LogP contribution in [0, 0.1) is 18.2 Å². The second-order valence-corrected chi connectivity index (χ2v) is 10.6. The van der Waals surface area contributed by atoms with Crippen LogP contribution in [0.3, 0.4) is 0 Å². The lowest BCUT2D eigenvalue weighted by Gasteiger charge is -2.40. The molecule has 1 N–H and O–H groups in total. The van der Waals surface area contributed by atoms with Crippen LogP contribution in [0.2, 0.25) is 0 Å². The molecule has 6 heteroatoms. The number of hydrogen-bond acceptors (Lipinski definition) is 4. The third-order valence-corrected chi connectivity index (χ3v) is 7.42. The summed E-state index contributed by atoms with van der Waals surface area (Å²) in [6.45, 7) is 11.2. The van der Waals surface area contributed by atoms with Gasteiger partial charge in [-0.25, -0.2) is 9.37 Å². The Hall–Kier alpha value is -3.41. The summed E-state index contributed by atoms with van der Waals surface area (Å²) >= 11 is 0. The number of benzene rings is 2. The minimum absolute atomic E-state index is 0.182. The zero-order chi connectivity index (χ0) is 26.6. The molecule has 0 unspecified atom stereocenters. The Morgan fingerprint density at radius 3 is 2.32 bits per heavy atom. The van der Waals surface area contributed by atoms with Crippen LogP contribution in [0.15, 0.2) is 48.5 Å². The van der Waals surface area contributed by atoms with Crippen molar-refractivity contribution in [3.63, 3.8) is 0 Å². The van der Waals surface area contributed by atoms with E-state index in [4.69, 9.17) is 9.72 Å². The van der Waals surface area contributed by atoms with Crippen molar-refractivity contribution in [3.05, 3.63) is 76.9 Å². The molecular formula is C31H38FN3O2. The van der Waals surface area contributed by atoms with Crippen molar-refractivity contribution in [2.24, 2.45) is 5.41 Å². The van der Waals surface area contributed by atoms with Gasteiger partial charge in [-0.2, -0.15) is 0 Å². The molecule has 1 aliphatic heterocycles. The minimum atomic E-state index is -0.235. The first kappa shape index (κ1) is 26.6. The number of aromatic nitrogens is 1. The highest BCUT2D eigenvalue weighted by molar-refractivity contribution is 6.03. The van der Waals surface area contributed by atoms with Crippen molar-refractivity contribution in [3.8, 4) is 16.9 Å². The largest absolute Gasteiger partial charge is 0.493 e. The fraction of sp³-hybridized carbons (Fsp3) is 0.419. The first-order valence-electron chi connectivity index (χ1n) is 13.2. The first-order chi connectivity index (χ1) is 17.7. The quantitative estimate of drug-likeness (QED) is 0.388. The SMILES string of the molecule is CCc1c(C)nc(C(=O)NC)c(-c2ccc(OCCc3ccc(F)cc3)cc2)c1N1CCC(C)(C)CC1. The summed E-state index contributed by atoms with van der Waals surface area (Å²) in [4.78, 5) is 20.3. The lowest BCUT2D eigenvalue weighted by Crippen LogP contribution is -2.38. The Morgan fingerprint density at radius 2 is 1.73 bits per heavy atom. The summed E-state index contributed by atoms with van der Waals surface area (Å²) in [7, 11) is 1.65. The van der Waals surface area contributed by atoms with E-state index >= 15 is 0 Å². The molecule has 0 spiro atoms. The van der Waals surface area contributed by atoms with Gasteiger partial charge in [0.05, 0.1) is 12.3 Å². The number of nitrogens with one attached hydrogen (secondary N) is 1. The standard InChI is InChI=1S/C31H38FN3O2/c1-6-26-21(2)34-28(30(36)33-5)27(29(26)35-18-16-31(3,4)17-19-35)23-9-13-25(14-10-23)37-20-15-22-7-11-24(32)12-8-22/h7-14H,6,15-20H2,1-5H3,(H,33,36). The topological polar surface area (TPSA) is 54.5 Å². The number of halogens is 1. The van der Waals surface area contributed by atoms with Crippen molar-refractivity contribution in [1.29, 1.82) is 0 Å². The number of carbonyl (C=O) groups is 1. The summed E-state index contributed by atoms with van der Waals surface area (Å²) in [5.74, 6) is 0.337. The second kappa shape index (κ2) is 11.3. The van der Waals surface area contributed by atoms with Crippen molar-refractivity contribution < 1.29 is 13.9 Å². The number of ether oxygens (including phenoxy) is 1. The molecule has 196 valence electrons. The van der Waals surface area contributed by atoms with Crippen molar-refractivity contribution in [2.75, 3.05) is 31.6 Å². The van der Waals surface area contributed by atoms with Crippen LogP contribution < -0.4 is 15.0 Å². The fourth-order valence-corrected chi connectivity index (χ4v) is 5.05. The first-order valence-corrected chi connectivity index (χ1v) is 13.2. The highest BCUT2D eigenvalue weighted by atomic mass is 19.1. The van der Waals surface area contributed by atoms with Gasteiger partial charge in [0.25, 0.3) is 5.91 Å². The van der Waals surface area contributed by atoms with Crippen LogP contribution in [-0.2, 0) is 12.8 Å². The van der Waals surface area contributed by atoms with Crippen LogP contribution in [0.5, 0.6) is 5.75 Å². The molecule has 0 aliphatic carbocycles. The van der Waals surface area contributed by atoms with E-state index in [1.807, 2.05) is 31.2 Å². The van der Waals surface area contributed by atoms with Gasteiger partial charge in [-0.15, -0.1) is 0 Å². The second-order valence-electron chi connectivity index (χ2n) is 10.6. The van der Waals surface area contributed by atoms with Crippen LogP contribution in [0.1, 0.15) is 60.9 Å². The molecule has 2 heterocycles. The lowest BCUT2D eigenvalue weighted by molar-refractivity contribution is 0.0958. The minimum Gasteiger partial charge on any atom is -0.493 e. The van der Waals surface area contributed by atoms with Crippen LogP contribution in [-0.4, -0.2) is 37.6 Å². The predicted octanol–water partition coefficient (Wildman–Crippen LogP) is 6.37. The van der Waals surface area contributed by atoms with Crippen molar-refractivity contribution in [2.45, 2.75) is 53.4 Å². The van der Waals surface area contributed by atoms with Gasteiger partial charge in [0.15, 0.2) is 0 Å². The molecule has 2 aromatic carbocycles. The molecule has 5 nitrogen and oxygen atoms in total. The third-order valence-electron chi connectivity index (χ3n) is 7.42. The van der Waals surface area contributed by atoms with E-state index < -0.39 is 0 Å². The number of anilines is 1. The maximum atomic E-state index is 13.1. The molecule has 37 heavy (non-hydrogen) atoms. The monoisotopic (exact) mass is 503 g/mol. The normalized spacial score (nSPS) is 14.9. The van der Waals surface area contributed by atoms with Crippen LogP contribution in [0.4, 0.5) is 10.1 Å². The molecule has 1 saturated heterocycles. The Kier molecular flexibility index (Phi) is 8.16. The summed E-state index contributed by atoms with van der Waals surface area (Å²) < 4.78 is 19.1. The molecule has 4 rings (SSSR count). The van der Waals surface area contributed by atoms with Crippen molar-refractivity contribution >= 4 is 11.6 Å². The maximum Gasteiger partial charge on any atom is 0.270 e. The molecule has 0 bridgehead atoms. The number of aryl methyl sites for hydroxylation is 1.